The maximum Gasteiger partial charge on any atom is 0.307 e. The van der Waals surface area contributed by atoms with Gasteiger partial charge in [-0.1, -0.05) is 30.3 Å². The Morgan fingerprint density at radius 1 is 1.30 bits per heavy atom. The molecule has 110 valence electrons. The van der Waals surface area contributed by atoms with Crippen LogP contribution in [-0.2, 0) is 20.7 Å². The van der Waals surface area contributed by atoms with Crippen molar-refractivity contribution in [2.45, 2.75) is 32.2 Å². The molecule has 1 rings (SSSR count). The van der Waals surface area contributed by atoms with E-state index in [1.54, 1.807) is 6.92 Å². The average molecular weight is 278 g/mol. The Labute approximate surface area is 119 Å². The molecule has 0 unspecified atom stereocenters. The van der Waals surface area contributed by atoms with Crippen molar-refractivity contribution in [1.82, 2.24) is 5.32 Å². The molecule has 0 aliphatic heterocycles. The summed E-state index contributed by atoms with van der Waals surface area (Å²) in [4.78, 5) is 22.8. The van der Waals surface area contributed by atoms with Crippen LogP contribution in [-0.4, -0.2) is 31.1 Å². The molecule has 0 bridgehead atoms. The molecular weight excluding hydrogens is 256 g/mol. The van der Waals surface area contributed by atoms with Crippen LogP contribution in [0.4, 0.5) is 0 Å². The minimum atomic E-state index is -0.558. The van der Waals surface area contributed by atoms with Gasteiger partial charge in [0.2, 0.25) is 5.91 Å². The number of carbonyl (C=O) groups excluding carboxylic acids is 2. The fraction of sp³-hybridized carbons (Fsp3) is 0.467. The number of nitrogens with two attached hydrogens (primary N) is 1. The van der Waals surface area contributed by atoms with Crippen molar-refractivity contribution < 1.29 is 14.3 Å². The Bertz CT molecular complexity index is 420. The van der Waals surface area contributed by atoms with Crippen LogP contribution in [0.2, 0.25) is 0 Å². The standard InChI is InChI=1S/C15H22N2O3/c1-2-20-14(18)10-11-17-15(19)13(16)9-8-12-6-4-3-5-7-12/h3-7,13H,2,8-11,16H2,1H3,(H,17,19)/t13-/m0/s1. The summed E-state index contributed by atoms with van der Waals surface area (Å²) >= 11 is 0. The summed E-state index contributed by atoms with van der Waals surface area (Å²) in [5.41, 5.74) is 6.97. The van der Waals surface area contributed by atoms with Crippen LogP contribution >= 0.6 is 0 Å². The average Bonchev–Trinajstić information content (AvgIpc) is 2.46. The summed E-state index contributed by atoms with van der Waals surface area (Å²) in [6, 6.07) is 9.32. The van der Waals surface area contributed by atoms with Gasteiger partial charge in [-0.15, -0.1) is 0 Å². The molecular formula is C15H22N2O3. The summed E-state index contributed by atoms with van der Waals surface area (Å²) in [6.07, 6.45) is 1.51. The van der Waals surface area contributed by atoms with E-state index in [1.807, 2.05) is 30.3 Å². The molecule has 0 saturated carbocycles. The quantitative estimate of drug-likeness (QED) is 0.696. The van der Waals surface area contributed by atoms with E-state index in [2.05, 4.69) is 5.32 Å². The van der Waals surface area contributed by atoms with Gasteiger partial charge in [0, 0.05) is 6.54 Å². The zero-order chi connectivity index (χ0) is 14.8. The van der Waals surface area contributed by atoms with Crippen LogP contribution in [0.15, 0.2) is 30.3 Å². The third-order valence-corrected chi connectivity index (χ3v) is 2.86. The van der Waals surface area contributed by atoms with Crippen LogP contribution < -0.4 is 11.1 Å². The highest BCUT2D eigenvalue weighted by molar-refractivity contribution is 5.82. The number of nitrogens with one attached hydrogen (secondary N) is 1. The summed E-state index contributed by atoms with van der Waals surface area (Å²) < 4.78 is 4.77. The van der Waals surface area contributed by atoms with E-state index < -0.39 is 6.04 Å². The second-order valence-electron chi connectivity index (χ2n) is 4.48. The molecule has 0 spiro atoms. The molecule has 0 radical (unpaired) electrons. The predicted octanol–water partition coefficient (Wildman–Crippen LogP) is 1.02. The molecule has 5 nitrogen and oxygen atoms in total. The molecule has 1 atom stereocenters. The van der Waals surface area contributed by atoms with Gasteiger partial charge in [-0.25, -0.2) is 0 Å². The van der Waals surface area contributed by atoms with Crippen molar-refractivity contribution >= 4 is 11.9 Å². The van der Waals surface area contributed by atoms with E-state index in [9.17, 15) is 9.59 Å². The van der Waals surface area contributed by atoms with Crippen molar-refractivity contribution in [3.63, 3.8) is 0 Å². The molecule has 20 heavy (non-hydrogen) atoms. The first-order valence-electron chi connectivity index (χ1n) is 6.86. The van der Waals surface area contributed by atoms with E-state index in [-0.39, 0.29) is 24.8 Å². The first-order valence-corrected chi connectivity index (χ1v) is 6.86. The Balaban J connectivity index is 2.21. The number of esters is 1. The third kappa shape index (κ3) is 6.33. The molecule has 0 aliphatic rings. The van der Waals surface area contributed by atoms with Crippen molar-refractivity contribution in [2.24, 2.45) is 5.73 Å². The first kappa shape index (κ1) is 16.2. The lowest BCUT2D eigenvalue weighted by Gasteiger charge is -2.12. The number of ether oxygens (including phenoxy) is 1. The number of carbonyl (C=O) groups is 2. The van der Waals surface area contributed by atoms with E-state index in [0.29, 0.717) is 13.0 Å². The van der Waals surface area contributed by atoms with Crippen LogP contribution in [0.1, 0.15) is 25.3 Å². The third-order valence-electron chi connectivity index (χ3n) is 2.86. The predicted molar refractivity (Wildman–Crippen MR) is 77.0 cm³/mol. The summed E-state index contributed by atoms with van der Waals surface area (Å²) in [5, 5.41) is 2.64. The largest absolute Gasteiger partial charge is 0.466 e. The maximum absolute atomic E-state index is 11.7. The zero-order valence-corrected chi connectivity index (χ0v) is 11.8. The van der Waals surface area contributed by atoms with Crippen LogP contribution in [0.25, 0.3) is 0 Å². The lowest BCUT2D eigenvalue weighted by molar-refractivity contribution is -0.143. The molecule has 0 saturated heterocycles. The number of hydrogen-bond acceptors (Lipinski definition) is 4. The maximum atomic E-state index is 11.7. The molecule has 0 heterocycles. The van der Waals surface area contributed by atoms with Gasteiger partial charge in [-0.05, 0) is 25.3 Å². The summed E-state index contributed by atoms with van der Waals surface area (Å²) in [7, 11) is 0. The van der Waals surface area contributed by atoms with E-state index >= 15 is 0 Å². The number of aryl methyl sites for hydroxylation is 1. The first-order chi connectivity index (χ1) is 9.63. The van der Waals surface area contributed by atoms with Crippen molar-refractivity contribution in [3.8, 4) is 0 Å². The second-order valence-corrected chi connectivity index (χ2v) is 4.48. The van der Waals surface area contributed by atoms with Crippen LogP contribution in [0.5, 0.6) is 0 Å². The Kier molecular flexibility index (Phi) is 7.35. The van der Waals surface area contributed by atoms with Gasteiger partial charge in [-0.2, -0.15) is 0 Å². The highest BCUT2D eigenvalue weighted by atomic mass is 16.5. The van der Waals surface area contributed by atoms with Crippen LogP contribution in [0.3, 0.4) is 0 Å². The van der Waals surface area contributed by atoms with E-state index in [4.69, 9.17) is 10.5 Å². The Hall–Kier alpha value is -1.88. The number of hydrogen-bond donors (Lipinski definition) is 2. The van der Waals surface area contributed by atoms with Crippen LogP contribution in [0, 0.1) is 0 Å². The summed E-state index contributed by atoms with van der Waals surface area (Å²) in [5.74, 6) is -0.545. The molecule has 1 aromatic rings. The van der Waals surface area contributed by atoms with Gasteiger partial charge in [0.1, 0.15) is 0 Å². The zero-order valence-electron chi connectivity index (χ0n) is 11.8. The Morgan fingerprint density at radius 3 is 2.65 bits per heavy atom. The lowest BCUT2D eigenvalue weighted by Crippen LogP contribution is -2.41. The normalized spacial score (nSPS) is 11.7. The minimum Gasteiger partial charge on any atom is -0.466 e. The molecule has 0 aromatic heterocycles. The number of rotatable bonds is 8. The van der Waals surface area contributed by atoms with Gasteiger partial charge in [-0.3, -0.25) is 9.59 Å². The molecule has 1 amide bonds. The molecule has 0 aliphatic carbocycles. The SMILES string of the molecule is CCOC(=O)CCNC(=O)[C@@H](N)CCc1ccccc1. The van der Waals surface area contributed by atoms with Gasteiger partial charge < -0.3 is 15.8 Å². The van der Waals surface area contributed by atoms with Gasteiger partial charge in [0.15, 0.2) is 0 Å². The van der Waals surface area contributed by atoms with E-state index in [0.717, 1.165) is 12.0 Å². The van der Waals surface area contributed by atoms with Crippen molar-refractivity contribution in [3.05, 3.63) is 35.9 Å². The number of benzene rings is 1. The monoisotopic (exact) mass is 278 g/mol. The fourth-order valence-electron chi connectivity index (χ4n) is 1.75. The van der Waals surface area contributed by atoms with Gasteiger partial charge >= 0.3 is 5.97 Å². The van der Waals surface area contributed by atoms with Crippen molar-refractivity contribution in [2.75, 3.05) is 13.2 Å². The Morgan fingerprint density at radius 2 is 2.00 bits per heavy atom. The fourth-order valence-corrected chi connectivity index (χ4v) is 1.75. The molecule has 5 heteroatoms. The van der Waals surface area contributed by atoms with Gasteiger partial charge in [0.25, 0.3) is 0 Å². The molecule has 1 aromatic carbocycles. The summed E-state index contributed by atoms with van der Waals surface area (Å²) in [6.45, 7) is 2.36. The van der Waals surface area contributed by atoms with E-state index in [1.165, 1.54) is 0 Å². The highest BCUT2D eigenvalue weighted by Gasteiger charge is 2.13. The van der Waals surface area contributed by atoms with Gasteiger partial charge in [0.05, 0.1) is 19.1 Å². The lowest BCUT2D eigenvalue weighted by atomic mass is 10.1. The number of amides is 1. The smallest absolute Gasteiger partial charge is 0.307 e. The topological polar surface area (TPSA) is 81.4 Å². The molecule has 3 N–H and O–H groups in total. The minimum absolute atomic E-state index is 0.172. The van der Waals surface area contributed by atoms with Crippen molar-refractivity contribution in [1.29, 1.82) is 0 Å². The highest BCUT2D eigenvalue weighted by Crippen LogP contribution is 2.04. The second kappa shape index (κ2) is 9.09. The molecule has 0 fully saturated rings.